The number of benzene rings is 1. The Kier molecular flexibility index (Phi) is 5.33. The molecule has 0 saturated heterocycles. The molecule has 0 bridgehead atoms. The third-order valence-corrected chi connectivity index (χ3v) is 2.87. The smallest absolute Gasteiger partial charge is 0.120 e. The standard InChI is InChI=1S/C13H19NO.C2H6/c1-10(2)9-14-7-6-11-4-5-12(15-3)8-13(11)14;1-2/h4-5,8,10H,6-7,9H2,1-3H3;1-2H3. The van der Waals surface area contributed by atoms with E-state index < -0.39 is 0 Å². The maximum Gasteiger partial charge on any atom is 0.120 e. The number of hydrogen-bond donors (Lipinski definition) is 0. The second kappa shape index (κ2) is 6.53. The van der Waals surface area contributed by atoms with Crippen molar-refractivity contribution in [3.63, 3.8) is 0 Å². The average molecular weight is 235 g/mol. The summed E-state index contributed by atoms with van der Waals surface area (Å²) >= 11 is 0. The molecule has 1 heterocycles. The summed E-state index contributed by atoms with van der Waals surface area (Å²) in [5, 5.41) is 0. The lowest BCUT2D eigenvalue weighted by atomic mass is 10.1. The van der Waals surface area contributed by atoms with E-state index in [4.69, 9.17) is 4.74 Å². The molecule has 2 heteroatoms. The van der Waals surface area contributed by atoms with Crippen LogP contribution in [0.5, 0.6) is 5.75 Å². The van der Waals surface area contributed by atoms with Gasteiger partial charge in [0, 0.05) is 24.8 Å². The van der Waals surface area contributed by atoms with Crippen LogP contribution in [0.2, 0.25) is 0 Å². The molecular formula is C15H25NO. The molecule has 2 rings (SSSR count). The second-order valence-corrected chi connectivity index (χ2v) is 4.58. The van der Waals surface area contributed by atoms with Crippen LogP contribution in [-0.4, -0.2) is 20.2 Å². The summed E-state index contributed by atoms with van der Waals surface area (Å²) in [7, 11) is 1.73. The summed E-state index contributed by atoms with van der Waals surface area (Å²) in [5.74, 6) is 1.67. The van der Waals surface area contributed by atoms with Crippen LogP contribution in [0.4, 0.5) is 5.69 Å². The van der Waals surface area contributed by atoms with Crippen LogP contribution < -0.4 is 9.64 Å². The van der Waals surface area contributed by atoms with Gasteiger partial charge >= 0.3 is 0 Å². The molecule has 0 fully saturated rings. The van der Waals surface area contributed by atoms with Crippen LogP contribution in [0.1, 0.15) is 33.3 Å². The molecule has 1 aliphatic heterocycles. The first-order valence-electron chi connectivity index (χ1n) is 6.62. The Balaban J connectivity index is 0.000000686. The predicted molar refractivity (Wildman–Crippen MR) is 75.1 cm³/mol. The molecule has 0 N–H and O–H groups in total. The largest absolute Gasteiger partial charge is 0.497 e. The highest BCUT2D eigenvalue weighted by atomic mass is 16.5. The Morgan fingerprint density at radius 1 is 1.29 bits per heavy atom. The number of ether oxygens (including phenoxy) is 1. The first-order valence-corrected chi connectivity index (χ1v) is 6.62. The van der Waals surface area contributed by atoms with Crippen molar-refractivity contribution in [2.45, 2.75) is 34.1 Å². The Bertz CT molecular complexity index is 347. The molecule has 2 nitrogen and oxygen atoms in total. The topological polar surface area (TPSA) is 12.5 Å². The molecular weight excluding hydrogens is 210 g/mol. The number of anilines is 1. The fraction of sp³-hybridized carbons (Fsp3) is 0.600. The van der Waals surface area contributed by atoms with Crippen LogP contribution in [0.25, 0.3) is 0 Å². The van der Waals surface area contributed by atoms with Gasteiger partial charge in [-0.1, -0.05) is 33.8 Å². The molecule has 1 aliphatic rings. The number of fused-ring (bicyclic) bond motifs is 1. The van der Waals surface area contributed by atoms with Crippen molar-refractivity contribution in [3.8, 4) is 5.75 Å². The Labute approximate surface area is 106 Å². The molecule has 0 aromatic heterocycles. The zero-order chi connectivity index (χ0) is 12.8. The van der Waals surface area contributed by atoms with Gasteiger partial charge in [0.25, 0.3) is 0 Å². The van der Waals surface area contributed by atoms with E-state index in [0.29, 0.717) is 5.92 Å². The van der Waals surface area contributed by atoms with Crippen molar-refractivity contribution in [2.75, 3.05) is 25.1 Å². The fourth-order valence-electron chi connectivity index (χ4n) is 2.18. The quantitative estimate of drug-likeness (QED) is 0.791. The van der Waals surface area contributed by atoms with Crippen LogP contribution in [0.3, 0.4) is 0 Å². The van der Waals surface area contributed by atoms with Crippen LogP contribution in [-0.2, 0) is 6.42 Å². The van der Waals surface area contributed by atoms with Gasteiger partial charge in [-0.05, 0) is 24.0 Å². The van der Waals surface area contributed by atoms with E-state index >= 15 is 0 Å². The van der Waals surface area contributed by atoms with Crippen molar-refractivity contribution in [2.24, 2.45) is 5.92 Å². The minimum atomic E-state index is 0.710. The van der Waals surface area contributed by atoms with Crippen molar-refractivity contribution >= 4 is 5.69 Å². The van der Waals surface area contributed by atoms with Gasteiger partial charge in [0.05, 0.1) is 7.11 Å². The Hall–Kier alpha value is -1.18. The highest BCUT2D eigenvalue weighted by Crippen LogP contribution is 2.31. The van der Waals surface area contributed by atoms with Crippen molar-refractivity contribution < 1.29 is 4.74 Å². The van der Waals surface area contributed by atoms with E-state index in [1.807, 2.05) is 13.8 Å². The summed E-state index contributed by atoms with van der Waals surface area (Å²) < 4.78 is 5.27. The molecule has 96 valence electrons. The Morgan fingerprint density at radius 3 is 2.59 bits per heavy atom. The zero-order valence-corrected chi connectivity index (χ0v) is 11.8. The fourth-order valence-corrected chi connectivity index (χ4v) is 2.18. The van der Waals surface area contributed by atoms with Gasteiger partial charge in [-0.3, -0.25) is 0 Å². The SMILES string of the molecule is CC.COc1ccc2c(c1)N(CC(C)C)CC2. The van der Waals surface area contributed by atoms with Gasteiger partial charge < -0.3 is 9.64 Å². The van der Waals surface area contributed by atoms with Crippen molar-refractivity contribution in [3.05, 3.63) is 23.8 Å². The van der Waals surface area contributed by atoms with Gasteiger partial charge in [0.15, 0.2) is 0 Å². The molecule has 1 aromatic rings. The lowest BCUT2D eigenvalue weighted by molar-refractivity contribution is 0.415. The lowest BCUT2D eigenvalue weighted by Gasteiger charge is -2.21. The summed E-state index contributed by atoms with van der Waals surface area (Å²) in [6.07, 6.45) is 1.17. The van der Waals surface area contributed by atoms with Gasteiger partial charge in [0.1, 0.15) is 5.75 Å². The maximum absolute atomic E-state index is 5.27. The average Bonchev–Trinajstić information content (AvgIpc) is 2.73. The van der Waals surface area contributed by atoms with Crippen molar-refractivity contribution in [1.29, 1.82) is 0 Å². The molecule has 0 atom stereocenters. The first-order chi connectivity index (χ1) is 8.20. The summed E-state index contributed by atoms with van der Waals surface area (Å²) in [6.45, 7) is 10.8. The minimum absolute atomic E-state index is 0.710. The van der Waals surface area contributed by atoms with Crippen LogP contribution in [0, 0.1) is 5.92 Å². The summed E-state index contributed by atoms with van der Waals surface area (Å²) in [6, 6.07) is 6.40. The Morgan fingerprint density at radius 2 is 2.00 bits per heavy atom. The monoisotopic (exact) mass is 235 g/mol. The molecule has 0 saturated carbocycles. The molecule has 0 unspecified atom stereocenters. The third kappa shape index (κ3) is 3.39. The molecule has 0 amide bonds. The van der Waals surface area contributed by atoms with E-state index in [2.05, 4.69) is 36.9 Å². The minimum Gasteiger partial charge on any atom is -0.497 e. The maximum atomic E-state index is 5.27. The highest BCUT2D eigenvalue weighted by molar-refractivity contribution is 5.60. The molecule has 0 radical (unpaired) electrons. The van der Waals surface area contributed by atoms with Crippen LogP contribution >= 0.6 is 0 Å². The lowest BCUT2D eigenvalue weighted by Crippen LogP contribution is -2.25. The van der Waals surface area contributed by atoms with Crippen molar-refractivity contribution in [1.82, 2.24) is 0 Å². The molecule has 1 aromatic carbocycles. The van der Waals surface area contributed by atoms with Gasteiger partial charge in [0.2, 0.25) is 0 Å². The molecule has 17 heavy (non-hydrogen) atoms. The number of nitrogens with zero attached hydrogens (tertiary/aromatic N) is 1. The summed E-state index contributed by atoms with van der Waals surface area (Å²) in [5.41, 5.74) is 2.82. The molecule has 0 spiro atoms. The summed E-state index contributed by atoms with van der Waals surface area (Å²) in [4.78, 5) is 2.46. The number of hydrogen-bond acceptors (Lipinski definition) is 2. The van der Waals surface area contributed by atoms with E-state index in [1.165, 1.54) is 17.7 Å². The third-order valence-electron chi connectivity index (χ3n) is 2.87. The van der Waals surface area contributed by atoms with E-state index in [-0.39, 0.29) is 0 Å². The first kappa shape index (κ1) is 13.9. The van der Waals surface area contributed by atoms with Crippen LogP contribution in [0.15, 0.2) is 18.2 Å². The highest BCUT2D eigenvalue weighted by Gasteiger charge is 2.19. The number of methoxy groups -OCH3 is 1. The second-order valence-electron chi connectivity index (χ2n) is 4.58. The zero-order valence-electron chi connectivity index (χ0n) is 11.8. The number of rotatable bonds is 3. The van der Waals surface area contributed by atoms with Gasteiger partial charge in [-0.2, -0.15) is 0 Å². The van der Waals surface area contributed by atoms with E-state index in [1.54, 1.807) is 7.11 Å². The van der Waals surface area contributed by atoms with E-state index in [9.17, 15) is 0 Å². The van der Waals surface area contributed by atoms with Gasteiger partial charge in [-0.25, -0.2) is 0 Å². The predicted octanol–water partition coefficient (Wildman–Crippen LogP) is 3.74. The van der Waals surface area contributed by atoms with E-state index in [0.717, 1.165) is 18.8 Å². The normalized spacial score (nSPS) is 13.2. The molecule has 0 aliphatic carbocycles. The van der Waals surface area contributed by atoms with Gasteiger partial charge in [-0.15, -0.1) is 0 Å².